The van der Waals surface area contributed by atoms with Gasteiger partial charge in [0.1, 0.15) is 10.9 Å². The van der Waals surface area contributed by atoms with Crippen molar-refractivity contribution in [3.8, 4) is 11.1 Å². The Morgan fingerprint density at radius 2 is 1.19 bits per heavy atom. The van der Waals surface area contributed by atoms with Gasteiger partial charge in [-0.25, -0.2) is 0 Å². The number of hydrogen-bond donors (Lipinski definition) is 4. The van der Waals surface area contributed by atoms with E-state index in [0.29, 0.717) is 22.5 Å². The molecule has 0 fully saturated rings. The summed E-state index contributed by atoms with van der Waals surface area (Å²) in [6.07, 6.45) is 1.63. The summed E-state index contributed by atoms with van der Waals surface area (Å²) >= 11 is 1.32. The van der Waals surface area contributed by atoms with Gasteiger partial charge in [0.25, 0.3) is 11.8 Å². The number of rotatable bonds is 12. The zero-order valence-electron chi connectivity index (χ0n) is 27.9. The molecular weight excluding hydrogens is 669 g/mol. The molecule has 5 N–H and O–H groups in total. The Morgan fingerprint density at radius 3 is 1.85 bits per heavy atom. The first-order valence-electron chi connectivity index (χ1n) is 16.4. The van der Waals surface area contributed by atoms with Crippen molar-refractivity contribution in [2.45, 2.75) is 10.1 Å². The molecule has 0 saturated carbocycles. The van der Waals surface area contributed by atoms with Gasteiger partial charge in [-0.2, -0.15) is 0 Å². The molecule has 0 radical (unpaired) electrons. The maximum atomic E-state index is 13.8. The SMILES string of the molecule is NC(=O)c1ccc(NC(=O)C(Sc2cccc(NC(=O)/C(=C\c3ccc(-c4ccccc4)cc3)NC(=O)c3ccccc3)c2)c2ccccc2)cc1. The molecule has 6 aromatic rings. The molecule has 256 valence electrons. The van der Waals surface area contributed by atoms with Gasteiger partial charge >= 0.3 is 0 Å². The third-order valence-corrected chi connectivity index (χ3v) is 9.23. The Morgan fingerprint density at radius 1 is 0.577 bits per heavy atom. The molecule has 8 nitrogen and oxygen atoms in total. The van der Waals surface area contributed by atoms with Gasteiger partial charge in [-0.1, -0.05) is 109 Å². The highest BCUT2D eigenvalue weighted by Gasteiger charge is 2.23. The van der Waals surface area contributed by atoms with E-state index in [2.05, 4.69) is 16.0 Å². The fraction of sp³-hybridized carbons (Fsp3) is 0.0233. The zero-order chi connectivity index (χ0) is 36.3. The van der Waals surface area contributed by atoms with E-state index < -0.39 is 23.0 Å². The van der Waals surface area contributed by atoms with Crippen molar-refractivity contribution in [1.29, 1.82) is 0 Å². The fourth-order valence-corrected chi connectivity index (χ4v) is 6.40. The van der Waals surface area contributed by atoms with Crippen molar-refractivity contribution in [3.05, 3.63) is 192 Å². The summed E-state index contributed by atoms with van der Waals surface area (Å²) in [6.45, 7) is 0. The molecule has 9 heteroatoms. The average molecular weight is 703 g/mol. The van der Waals surface area contributed by atoms with Crippen LogP contribution in [0.4, 0.5) is 11.4 Å². The average Bonchev–Trinajstić information content (AvgIpc) is 3.18. The van der Waals surface area contributed by atoms with Crippen molar-refractivity contribution in [3.63, 3.8) is 0 Å². The smallest absolute Gasteiger partial charge is 0.272 e. The second-order valence-corrected chi connectivity index (χ2v) is 12.9. The van der Waals surface area contributed by atoms with Crippen molar-refractivity contribution in [1.82, 2.24) is 5.32 Å². The molecule has 0 aliphatic heterocycles. The lowest BCUT2D eigenvalue weighted by Gasteiger charge is -2.18. The van der Waals surface area contributed by atoms with Crippen LogP contribution in [0, 0.1) is 0 Å². The van der Waals surface area contributed by atoms with Crippen LogP contribution in [-0.2, 0) is 9.59 Å². The highest BCUT2D eigenvalue weighted by molar-refractivity contribution is 8.00. The van der Waals surface area contributed by atoms with Crippen LogP contribution in [-0.4, -0.2) is 23.6 Å². The number of carbonyl (C=O) groups excluding carboxylic acids is 4. The number of benzene rings is 6. The van der Waals surface area contributed by atoms with Crippen LogP contribution in [0.15, 0.2) is 174 Å². The standard InChI is InChI=1S/C43H34N4O4S/c44-40(48)33-23-25-35(26-24-33)45-43(51)39(32-13-6-2-7-14-32)52-37-18-10-17-36(28-37)46-42(50)38(47-41(49)34-15-8-3-9-16-34)27-29-19-21-31(22-20-29)30-11-4-1-5-12-30/h1-28,39H,(H2,44,48)(H,45,51)(H,46,50)(H,47,49)/b38-27+. The van der Waals surface area contributed by atoms with Gasteiger partial charge in [0.15, 0.2) is 0 Å². The third-order valence-electron chi connectivity index (χ3n) is 7.98. The first kappa shape index (κ1) is 35.1. The van der Waals surface area contributed by atoms with Crippen molar-refractivity contribution in [2.75, 3.05) is 10.6 Å². The topological polar surface area (TPSA) is 130 Å². The molecule has 52 heavy (non-hydrogen) atoms. The predicted molar refractivity (Wildman–Crippen MR) is 207 cm³/mol. The number of nitrogens with two attached hydrogens (primary N) is 1. The minimum atomic E-state index is -0.651. The second kappa shape index (κ2) is 16.8. The number of nitrogens with one attached hydrogen (secondary N) is 3. The molecular formula is C43H34N4O4S. The number of hydrogen-bond acceptors (Lipinski definition) is 5. The van der Waals surface area contributed by atoms with Gasteiger partial charge < -0.3 is 21.7 Å². The van der Waals surface area contributed by atoms with E-state index in [1.54, 1.807) is 72.8 Å². The number of carbonyl (C=O) groups is 4. The maximum absolute atomic E-state index is 13.8. The summed E-state index contributed by atoms with van der Waals surface area (Å²) in [5, 5.41) is 7.99. The van der Waals surface area contributed by atoms with Crippen molar-refractivity contribution >= 4 is 52.8 Å². The summed E-state index contributed by atoms with van der Waals surface area (Å²) in [6, 6.07) is 49.2. The van der Waals surface area contributed by atoms with Crippen LogP contribution in [0.5, 0.6) is 0 Å². The van der Waals surface area contributed by atoms with Gasteiger partial charge in [-0.05, 0) is 82.9 Å². The molecule has 1 atom stereocenters. The van der Waals surface area contributed by atoms with Crippen LogP contribution >= 0.6 is 11.8 Å². The normalized spacial score (nSPS) is 11.6. The minimum absolute atomic E-state index is 0.0586. The summed E-state index contributed by atoms with van der Waals surface area (Å²) in [7, 11) is 0. The number of thioether (sulfide) groups is 1. The second-order valence-electron chi connectivity index (χ2n) is 11.7. The molecule has 0 bridgehead atoms. The quantitative estimate of drug-likeness (QED) is 0.0753. The lowest BCUT2D eigenvalue weighted by atomic mass is 10.0. The molecule has 0 saturated heterocycles. The Labute approximate surface area is 305 Å². The highest BCUT2D eigenvalue weighted by atomic mass is 32.2. The third kappa shape index (κ3) is 9.29. The molecule has 0 aliphatic carbocycles. The molecule has 0 aliphatic rings. The largest absolute Gasteiger partial charge is 0.366 e. The first-order valence-corrected chi connectivity index (χ1v) is 17.3. The van der Waals surface area contributed by atoms with Crippen molar-refractivity contribution < 1.29 is 19.2 Å². The number of anilines is 2. The fourth-order valence-electron chi connectivity index (χ4n) is 5.32. The van der Waals surface area contributed by atoms with Crippen LogP contribution in [0.2, 0.25) is 0 Å². The van der Waals surface area contributed by atoms with Crippen LogP contribution in [0.3, 0.4) is 0 Å². The number of primary amides is 1. The summed E-state index contributed by atoms with van der Waals surface area (Å²) < 4.78 is 0. The molecule has 0 spiro atoms. The van der Waals surface area contributed by atoms with Crippen LogP contribution < -0.4 is 21.7 Å². The lowest BCUT2D eigenvalue weighted by molar-refractivity contribution is -0.116. The minimum Gasteiger partial charge on any atom is -0.366 e. The maximum Gasteiger partial charge on any atom is 0.272 e. The monoisotopic (exact) mass is 702 g/mol. The molecule has 1 unspecified atom stereocenters. The van der Waals surface area contributed by atoms with Gasteiger partial charge in [0.05, 0.1) is 0 Å². The van der Waals surface area contributed by atoms with Gasteiger partial charge in [0.2, 0.25) is 11.8 Å². The van der Waals surface area contributed by atoms with E-state index in [1.807, 2.05) is 97.1 Å². The zero-order valence-corrected chi connectivity index (χ0v) is 28.7. The van der Waals surface area contributed by atoms with E-state index in [9.17, 15) is 19.2 Å². The Balaban J connectivity index is 1.23. The highest BCUT2D eigenvalue weighted by Crippen LogP contribution is 2.37. The summed E-state index contributed by atoms with van der Waals surface area (Å²) in [5.41, 5.74) is 10.8. The van der Waals surface area contributed by atoms with Crippen molar-refractivity contribution in [2.24, 2.45) is 5.73 Å². The Hall–Kier alpha value is -6.71. The Kier molecular flexibility index (Phi) is 11.3. The van der Waals surface area contributed by atoms with Gasteiger partial charge in [-0.3, -0.25) is 19.2 Å². The first-order chi connectivity index (χ1) is 25.3. The van der Waals surface area contributed by atoms with Crippen LogP contribution in [0.1, 0.15) is 37.1 Å². The van der Waals surface area contributed by atoms with Crippen LogP contribution in [0.25, 0.3) is 17.2 Å². The Bertz CT molecular complexity index is 2210. The van der Waals surface area contributed by atoms with E-state index in [0.717, 1.165) is 27.1 Å². The number of amides is 4. The van der Waals surface area contributed by atoms with E-state index in [1.165, 1.54) is 11.8 Å². The predicted octanol–water partition coefficient (Wildman–Crippen LogP) is 8.33. The summed E-state index contributed by atoms with van der Waals surface area (Å²) in [4.78, 5) is 52.9. The van der Waals surface area contributed by atoms with E-state index >= 15 is 0 Å². The van der Waals surface area contributed by atoms with E-state index in [-0.39, 0.29) is 11.6 Å². The summed E-state index contributed by atoms with van der Waals surface area (Å²) in [5.74, 6) is -1.77. The molecule has 0 aromatic heterocycles. The van der Waals surface area contributed by atoms with E-state index in [4.69, 9.17) is 5.73 Å². The molecule has 6 rings (SSSR count). The van der Waals surface area contributed by atoms with Gasteiger partial charge in [-0.15, -0.1) is 11.8 Å². The lowest BCUT2D eigenvalue weighted by Crippen LogP contribution is -2.30. The molecule has 6 aromatic carbocycles. The molecule has 4 amide bonds. The molecule has 0 heterocycles. The van der Waals surface area contributed by atoms with Gasteiger partial charge in [0, 0.05) is 27.4 Å².